The van der Waals surface area contributed by atoms with Crippen LogP contribution in [0.3, 0.4) is 0 Å². The molecule has 1 spiro atoms. The second kappa shape index (κ2) is 14.2. The number of alkyl halides is 1. The molecule has 4 aliphatic heterocycles. The Kier molecular flexibility index (Phi) is 9.68. The molecule has 0 aliphatic carbocycles. The zero-order valence-electron chi connectivity index (χ0n) is 26.4. The third kappa shape index (κ3) is 6.20. The molecule has 7 rings (SSSR count). The van der Waals surface area contributed by atoms with Crippen LogP contribution in [0, 0.1) is 0 Å². The molecule has 0 N–H and O–H groups in total. The second-order valence-electron chi connectivity index (χ2n) is 12.5. The lowest BCUT2D eigenvalue weighted by atomic mass is 9.77. The lowest BCUT2D eigenvalue weighted by Gasteiger charge is -2.39. The molecule has 0 atom stereocenters. The largest absolute Gasteiger partial charge is 0.456 e. The maximum atomic E-state index is 13.5. The Bertz CT molecular complexity index is 1470. The van der Waals surface area contributed by atoms with Gasteiger partial charge in [-0.25, -0.2) is 4.79 Å². The van der Waals surface area contributed by atoms with Crippen molar-refractivity contribution in [2.45, 2.75) is 50.7 Å². The Hall–Kier alpha value is -3.30. The topological polar surface area (TPSA) is 69.7 Å². The highest BCUT2D eigenvalue weighted by molar-refractivity contribution is 6.17. The van der Waals surface area contributed by atoms with Gasteiger partial charge in [0, 0.05) is 78.9 Å². The molecule has 4 heterocycles. The van der Waals surface area contributed by atoms with Crippen LogP contribution in [0.4, 0.5) is 11.4 Å². The zero-order chi connectivity index (χ0) is 31.3. The predicted octanol–water partition coefficient (Wildman–Crippen LogP) is 7.02. The quantitative estimate of drug-likeness (QED) is 0.0934. The van der Waals surface area contributed by atoms with Gasteiger partial charge in [0.2, 0.25) is 0 Å². The minimum Gasteiger partial charge on any atom is -0.456 e. The van der Waals surface area contributed by atoms with Crippen molar-refractivity contribution in [1.29, 1.82) is 0 Å². The maximum absolute atomic E-state index is 13.5. The van der Waals surface area contributed by atoms with Gasteiger partial charge in [0.15, 0.2) is 5.60 Å². The number of benzene rings is 3. The van der Waals surface area contributed by atoms with Gasteiger partial charge in [0.05, 0.1) is 38.6 Å². The van der Waals surface area contributed by atoms with E-state index in [1.165, 1.54) is 12.8 Å². The first-order valence-corrected chi connectivity index (χ1v) is 17.3. The van der Waals surface area contributed by atoms with Crippen molar-refractivity contribution >= 4 is 28.9 Å². The molecule has 0 bridgehead atoms. The van der Waals surface area contributed by atoms with Crippen molar-refractivity contribution in [2.75, 3.05) is 74.9 Å². The van der Waals surface area contributed by atoms with Gasteiger partial charge in [0.1, 0.15) is 11.5 Å². The van der Waals surface area contributed by atoms with Crippen LogP contribution in [0.5, 0.6) is 11.5 Å². The number of ether oxygens (including phenoxy) is 5. The summed E-state index contributed by atoms with van der Waals surface area (Å²) in [6, 6.07) is 18.5. The number of unbranched alkanes of at least 4 members (excludes halogenated alkanes) is 3. The van der Waals surface area contributed by atoms with E-state index in [2.05, 4.69) is 52.3 Å². The minimum atomic E-state index is -1.10. The van der Waals surface area contributed by atoms with Crippen LogP contribution >= 0.6 is 11.6 Å². The molecule has 9 heteroatoms. The van der Waals surface area contributed by atoms with Gasteiger partial charge in [-0.1, -0.05) is 18.9 Å². The summed E-state index contributed by atoms with van der Waals surface area (Å²) in [4.78, 5) is 18.2. The van der Waals surface area contributed by atoms with Crippen LogP contribution in [-0.4, -0.2) is 71.1 Å². The van der Waals surface area contributed by atoms with Gasteiger partial charge in [-0.2, -0.15) is 0 Å². The molecule has 0 unspecified atom stereocenters. The van der Waals surface area contributed by atoms with Crippen LogP contribution in [0.2, 0.25) is 0 Å². The van der Waals surface area contributed by atoms with Gasteiger partial charge >= 0.3 is 5.97 Å². The molecule has 244 valence electrons. The molecule has 3 aromatic carbocycles. The number of carbonyl (C=O) groups excluding carboxylic acids is 1. The number of rotatable bonds is 16. The lowest BCUT2D eigenvalue weighted by Crippen LogP contribution is -2.38. The van der Waals surface area contributed by atoms with E-state index in [1.807, 2.05) is 12.1 Å². The lowest BCUT2D eigenvalue weighted by molar-refractivity contribution is 0.00996. The first-order chi connectivity index (χ1) is 22.7. The highest BCUT2D eigenvalue weighted by Crippen LogP contribution is 2.57. The Morgan fingerprint density at radius 2 is 1.28 bits per heavy atom. The van der Waals surface area contributed by atoms with E-state index in [-0.39, 0.29) is 5.97 Å². The third-order valence-corrected chi connectivity index (χ3v) is 9.73. The molecule has 0 radical (unpaired) electrons. The predicted molar refractivity (Wildman–Crippen MR) is 179 cm³/mol. The Morgan fingerprint density at radius 1 is 0.674 bits per heavy atom. The number of hydrogen-bond acceptors (Lipinski definition) is 8. The highest BCUT2D eigenvalue weighted by atomic mass is 35.5. The number of esters is 1. The SMILES string of the molecule is O=C1OC2(c3ccc(N4CCC4)cc3Oc3cc(N4CCC4)ccc32)c2cc(COCCOCCOCCCCCCCl)ccc21. The number of halogens is 1. The number of nitrogens with zero attached hydrogens (tertiary/aromatic N) is 2. The first-order valence-electron chi connectivity index (χ1n) is 16.8. The summed E-state index contributed by atoms with van der Waals surface area (Å²) < 4.78 is 30.4. The van der Waals surface area contributed by atoms with Crippen molar-refractivity contribution in [1.82, 2.24) is 0 Å². The summed E-state index contributed by atoms with van der Waals surface area (Å²) in [5.74, 6) is 1.86. The number of carbonyl (C=O) groups is 1. The van der Waals surface area contributed by atoms with E-state index >= 15 is 0 Å². The van der Waals surface area contributed by atoms with Crippen LogP contribution < -0.4 is 14.5 Å². The number of hydrogen-bond donors (Lipinski definition) is 0. The summed E-state index contributed by atoms with van der Waals surface area (Å²) in [6.45, 7) is 7.40. The van der Waals surface area contributed by atoms with E-state index in [9.17, 15) is 4.79 Å². The molecule has 0 aromatic heterocycles. The summed E-state index contributed by atoms with van der Waals surface area (Å²) in [5, 5.41) is 0. The number of fused-ring (bicyclic) bond motifs is 6. The van der Waals surface area contributed by atoms with Gasteiger partial charge in [-0.05, 0) is 67.6 Å². The van der Waals surface area contributed by atoms with Crippen molar-refractivity contribution in [3.05, 3.63) is 82.4 Å². The molecular weight excluding hydrogens is 604 g/mol. The van der Waals surface area contributed by atoms with E-state index in [4.69, 9.17) is 35.3 Å². The van der Waals surface area contributed by atoms with E-state index in [0.29, 0.717) is 38.6 Å². The summed E-state index contributed by atoms with van der Waals surface area (Å²) in [7, 11) is 0. The molecule has 4 aliphatic rings. The molecule has 0 amide bonds. The van der Waals surface area contributed by atoms with Crippen molar-refractivity contribution in [3.63, 3.8) is 0 Å². The number of anilines is 2. The highest BCUT2D eigenvalue weighted by Gasteiger charge is 2.54. The smallest absolute Gasteiger partial charge is 0.340 e. The molecule has 46 heavy (non-hydrogen) atoms. The van der Waals surface area contributed by atoms with Gasteiger partial charge in [-0.3, -0.25) is 0 Å². The minimum absolute atomic E-state index is 0.328. The summed E-state index contributed by atoms with van der Waals surface area (Å²) in [5.41, 5.74) is 5.21. The third-order valence-electron chi connectivity index (χ3n) is 9.47. The van der Waals surface area contributed by atoms with Crippen LogP contribution in [0.25, 0.3) is 0 Å². The molecule has 8 nitrogen and oxygen atoms in total. The van der Waals surface area contributed by atoms with Gasteiger partial charge in [0.25, 0.3) is 0 Å². The van der Waals surface area contributed by atoms with Crippen molar-refractivity contribution in [3.8, 4) is 11.5 Å². The maximum Gasteiger partial charge on any atom is 0.340 e. The van der Waals surface area contributed by atoms with E-state index in [0.717, 1.165) is 109 Å². The molecule has 2 saturated heterocycles. The second-order valence-corrected chi connectivity index (χ2v) is 12.9. The summed E-state index contributed by atoms with van der Waals surface area (Å²) >= 11 is 5.72. The Morgan fingerprint density at radius 3 is 1.89 bits per heavy atom. The van der Waals surface area contributed by atoms with E-state index in [1.54, 1.807) is 0 Å². The summed E-state index contributed by atoms with van der Waals surface area (Å²) in [6.07, 6.45) is 6.81. The van der Waals surface area contributed by atoms with E-state index < -0.39 is 5.60 Å². The van der Waals surface area contributed by atoms with Gasteiger partial charge < -0.3 is 33.5 Å². The van der Waals surface area contributed by atoms with Crippen molar-refractivity contribution in [2.24, 2.45) is 0 Å². The fourth-order valence-electron chi connectivity index (χ4n) is 6.66. The van der Waals surface area contributed by atoms with Crippen molar-refractivity contribution < 1.29 is 28.5 Å². The van der Waals surface area contributed by atoms with Gasteiger partial charge in [-0.15, -0.1) is 11.6 Å². The van der Waals surface area contributed by atoms with Crippen LogP contribution in [0.1, 0.15) is 71.1 Å². The zero-order valence-corrected chi connectivity index (χ0v) is 27.2. The Labute approximate surface area is 276 Å². The fraction of sp³-hybridized carbons (Fsp3) is 0.486. The molecule has 2 fully saturated rings. The molecule has 0 saturated carbocycles. The standard InChI is InChI=1S/C37H43ClN2O6/c38-13-3-1-2-4-18-42-19-20-43-21-22-44-26-27-7-10-30-33(23-27)37(46-36(30)41)31-11-8-28(39-14-5-15-39)24-34(31)45-35-25-29(9-12-32(35)37)40-16-6-17-40/h7-12,23-25H,1-6,13-22,26H2. The van der Waals surface area contributed by atoms with Crippen LogP contribution in [-0.2, 0) is 31.2 Å². The fourth-order valence-corrected chi connectivity index (χ4v) is 6.85. The first kappa shape index (κ1) is 31.3. The normalized spacial score (nSPS) is 17.1. The monoisotopic (exact) mass is 646 g/mol. The molecular formula is C37H43ClN2O6. The van der Waals surface area contributed by atoms with Crippen LogP contribution in [0.15, 0.2) is 54.6 Å². The average molecular weight is 647 g/mol. The molecule has 3 aromatic rings. The Balaban J connectivity index is 1.05. The average Bonchev–Trinajstić information content (AvgIpc) is 3.29.